The molecule has 138 valence electrons. The molecule has 4 fully saturated rings. The van der Waals surface area contributed by atoms with Crippen LogP contribution in [-0.2, 0) is 16.4 Å². The number of rotatable bonds is 5. The van der Waals surface area contributed by atoms with Crippen LogP contribution in [0.4, 0.5) is 0 Å². The highest BCUT2D eigenvalue weighted by Gasteiger charge is 2.55. The van der Waals surface area contributed by atoms with Crippen LogP contribution in [0.25, 0.3) is 0 Å². The molecule has 25 heavy (non-hydrogen) atoms. The van der Waals surface area contributed by atoms with Crippen molar-refractivity contribution in [3.05, 3.63) is 29.8 Å². The number of benzene rings is 1. The quantitative estimate of drug-likeness (QED) is 0.776. The van der Waals surface area contributed by atoms with Crippen molar-refractivity contribution < 1.29 is 8.42 Å². The molecule has 0 aromatic heterocycles. The second-order valence-corrected chi connectivity index (χ2v) is 11.3. The van der Waals surface area contributed by atoms with Gasteiger partial charge in [0, 0.05) is 12.6 Å². The first kappa shape index (κ1) is 17.5. The summed E-state index contributed by atoms with van der Waals surface area (Å²) in [5, 5.41) is 0. The van der Waals surface area contributed by atoms with E-state index in [9.17, 15) is 8.42 Å². The molecule has 3 nitrogen and oxygen atoms in total. The van der Waals surface area contributed by atoms with Crippen LogP contribution in [0.2, 0.25) is 0 Å². The topological polar surface area (TPSA) is 37.4 Å². The number of sulfonamides is 1. The van der Waals surface area contributed by atoms with Gasteiger partial charge in [0.25, 0.3) is 0 Å². The molecule has 0 spiro atoms. The molecule has 0 heterocycles. The highest BCUT2D eigenvalue weighted by atomic mass is 32.2. The summed E-state index contributed by atoms with van der Waals surface area (Å²) in [6.07, 6.45) is 8.19. The van der Waals surface area contributed by atoms with E-state index in [1.54, 1.807) is 4.31 Å². The van der Waals surface area contributed by atoms with E-state index < -0.39 is 10.0 Å². The average Bonchev–Trinajstić information content (AvgIpc) is 2.53. The predicted octanol–water partition coefficient (Wildman–Crippen LogP) is 4.47. The van der Waals surface area contributed by atoms with Crippen molar-refractivity contribution in [2.45, 2.75) is 69.2 Å². The van der Waals surface area contributed by atoms with E-state index >= 15 is 0 Å². The Hall–Kier alpha value is -0.870. The minimum atomic E-state index is -3.41. The molecule has 0 unspecified atom stereocenters. The fourth-order valence-electron chi connectivity index (χ4n) is 6.13. The molecule has 4 heteroatoms. The molecule has 1 aromatic rings. The summed E-state index contributed by atoms with van der Waals surface area (Å²) in [6.45, 7) is 4.37. The molecule has 4 aliphatic carbocycles. The van der Waals surface area contributed by atoms with Crippen LogP contribution in [0.3, 0.4) is 0 Å². The third-order valence-corrected chi connectivity index (χ3v) is 8.88. The van der Waals surface area contributed by atoms with Gasteiger partial charge in [0.15, 0.2) is 0 Å². The Balaban J connectivity index is 1.59. The van der Waals surface area contributed by atoms with E-state index in [-0.39, 0.29) is 5.54 Å². The van der Waals surface area contributed by atoms with Crippen molar-refractivity contribution >= 4 is 10.0 Å². The van der Waals surface area contributed by atoms with Crippen LogP contribution >= 0.6 is 0 Å². The summed E-state index contributed by atoms with van der Waals surface area (Å²) in [5.74, 6) is 2.82. The minimum Gasteiger partial charge on any atom is -0.207 e. The lowest BCUT2D eigenvalue weighted by Crippen LogP contribution is -2.60. The first-order valence-corrected chi connectivity index (χ1v) is 11.3. The Morgan fingerprint density at radius 2 is 1.48 bits per heavy atom. The molecule has 5 rings (SSSR count). The Kier molecular flexibility index (Phi) is 4.27. The number of hydrogen-bond donors (Lipinski definition) is 0. The van der Waals surface area contributed by atoms with Gasteiger partial charge in [0.1, 0.15) is 0 Å². The second kappa shape index (κ2) is 6.09. The third kappa shape index (κ3) is 3.06. The van der Waals surface area contributed by atoms with Crippen molar-refractivity contribution in [2.75, 3.05) is 7.05 Å². The summed E-state index contributed by atoms with van der Waals surface area (Å²) in [6, 6.07) is 7.59. The van der Waals surface area contributed by atoms with Crippen LogP contribution in [0, 0.1) is 23.7 Å². The molecule has 0 N–H and O–H groups in total. The Morgan fingerprint density at radius 3 is 1.92 bits per heavy atom. The van der Waals surface area contributed by atoms with Gasteiger partial charge in [-0.3, -0.25) is 0 Å². The molecular weight excluding hydrogens is 330 g/mol. The standard InChI is InChI=1S/C21H31NO2S/c1-15(2)8-16-4-6-20(7-5-16)25(23,24)22(3)21-12-17-9-18(13-21)11-19(10-17)14-21/h4-7,15,17-19H,8-14H2,1-3H3. The average molecular weight is 362 g/mol. The summed E-state index contributed by atoms with van der Waals surface area (Å²) in [5.41, 5.74) is 1.09. The molecule has 0 amide bonds. The SMILES string of the molecule is CC(C)Cc1ccc(S(=O)(=O)N(C)C23CC4CC(CC(C4)C2)C3)cc1. The fourth-order valence-corrected chi connectivity index (χ4v) is 7.66. The lowest BCUT2D eigenvalue weighted by Gasteiger charge is -2.59. The molecular formula is C21H31NO2S. The maximum absolute atomic E-state index is 13.3. The van der Waals surface area contributed by atoms with E-state index in [4.69, 9.17) is 0 Å². The molecule has 4 aliphatic rings. The third-order valence-electron chi connectivity index (χ3n) is 6.90. The predicted molar refractivity (Wildman–Crippen MR) is 101 cm³/mol. The highest BCUT2D eigenvalue weighted by molar-refractivity contribution is 7.89. The monoisotopic (exact) mass is 361 g/mol. The van der Waals surface area contributed by atoms with E-state index in [1.807, 2.05) is 31.3 Å². The van der Waals surface area contributed by atoms with Gasteiger partial charge in [-0.05, 0) is 86.3 Å². The van der Waals surface area contributed by atoms with Gasteiger partial charge >= 0.3 is 0 Å². The molecule has 4 bridgehead atoms. The summed E-state index contributed by atoms with van der Waals surface area (Å²) in [4.78, 5) is 0.457. The van der Waals surface area contributed by atoms with Crippen molar-refractivity contribution in [2.24, 2.45) is 23.7 Å². The molecule has 0 aliphatic heterocycles. The minimum absolute atomic E-state index is 0.121. The van der Waals surface area contributed by atoms with Gasteiger partial charge in [-0.1, -0.05) is 26.0 Å². The van der Waals surface area contributed by atoms with E-state index in [2.05, 4.69) is 13.8 Å². The zero-order valence-electron chi connectivity index (χ0n) is 15.7. The Morgan fingerprint density at radius 1 is 1.00 bits per heavy atom. The lowest BCUT2D eigenvalue weighted by atomic mass is 9.53. The zero-order chi connectivity index (χ0) is 17.8. The van der Waals surface area contributed by atoms with Crippen LogP contribution < -0.4 is 0 Å². The van der Waals surface area contributed by atoms with Gasteiger partial charge in [-0.2, -0.15) is 4.31 Å². The van der Waals surface area contributed by atoms with Gasteiger partial charge in [0.2, 0.25) is 10.0 Å². The number of nitrogens with zero attached hydrogens (tertiary/aromatic N) is 1. The smallest absolute Gasteiger partial charge is 0.207 e. The largest absolute Gasteiger partial charge is 0.243 e. The second-order valence-electron chi connectivity index (χ2n) is 9.36. The van der Waals surface area contributed by atoms with Crippen LogP contribution in [0.15, 0.2) is 29.2 Å². The lowest BCUT2D eigenvalue weighted by molar-refractivity contribution is -0.0495. The molecule has 4 saturated carbocycles. The number of hydrogen-bond acceptors (Lipinski definition) is 2. The first-order chi connectivity index (χ1) is 11.8. The molecule has 0 radical (unpaired) electrons. The van der Waals surface area contributed by atoms with E-state index in [0.717, 1.165) is 43.4 Å². The molecule has 0 atom stereocenters. The Bertz CT molecular complexity index is 700. The first-order valence-electron chi connectivity index (χ1n) is 9.86. The summed E-state index contributed by atoms with van der Waals surface area (Å²) < 4.78 is 28.4. The van der Waals surface area contributed by atoms with Gasteiger partial charge in [-0.15, -0.1) is 0 Å². The summed E-state index contributed by atoms with van der Waals surface area (Å²) in [7, 11) is -1.58. The van der Waals surface area contributed by atoms with Crippen LogP contribution in [-0.4, -0.2) is 25.3 Å². The van der Waals surface area contributed by atoms with E-state index in [0.29, 0.717) is 10.8 Å². The molecule has 0 saturated heterocycles. The molecule has 1 aromatic carbocycles. The van der Waals surface area contributed by atoms with Crippen LogP contribution in [0.1, 0.15) is 57.9 Å². The zero-order valence-corrected chi connectivity index (χ0v) is 16.6. The van der Waals surface area contributed by atoms with Crippen molar-refractivity contribution in [1.29, 1.82) is 0 Å². The van der Waals surface area contributed by atoms with Crippen molar-refractivity contribution in [3.8, 4) is 0 Å². The maximum Gasteiger partial charge on any atom is 0.243 e. The van der Waals surface area contributed by atoms with Gasteiger partial charge < -0.3 is 0 Å². The fraction of sp³-hybridized carbons (Fsp3) is 0.714. The summed E-state index contributed by atoms with van der Waals surface area (Å²) >= 11 is 0. The normalized spacial score (nSPS) is 34.2. The van der Waals surface area contributed by atoms with Crippen molar-refractivity contribution in [3.63, 3.8) is 0 Å². The van der Waals surface area contributed by atoms with Crippen LogP contribution in [0.5, 0.6) is 0 Å². The van der Waals surface area contributed by atoms with E-state index in [1.165, 1.54) is 24.8 Å². The van der Waals surface area contributed by atoms with Crippen molar-refractivity contribution in [1.82, 2.24) is 4.31 Å². The maximum atomic E-state index is 13.3. The van der Waals surface area contributed by atoms with Gasteiger partial charge in [0.05, 0.1) is 4.90 Å². The van der Waals surface area contributed by atoms with Gasteiger partial charge in [-0.25, -0.2) is 8.42 Å². The highest BCUT2D eigenvalue weighted by Crippen LogP contribution is 2.58. The Labute approximate surface area is 152 Å².